The van der Waals surface area contributed by atoms with Crippen molar-refractivity contribution in [3.63, 3.8) is 0 Å². The first-order valence-corrected chi connectivity index (χ1v) is 9.75. The van der Waals surface area contributed by atoms with Gasteiger partial charge in [0, 0.05) is 18.0 Å². The number of ether oxygens (including phenoxy) is 1. The lowest BCUT2D eigenvalue weighted by Gasteiger charge is -2.17. The van der Waals surface area contributed by atoms with Gasteiger partial charge in [0.2, 0.25) is 11.7 Å². The van der Waals surface area contributed by atoms with Crippen LogP contribution >= 0.6 is 0 Å². The van der Waals surface area contributed by atoms with E-state index in [1.165, 1.54) is 49.8 Å². The second-order valence-corrected chi connectivity index (χ2v) is 7.15. The van der Waals surface area contributed by atoms with Gasteiger partial charge in [-0.2, -0.15) is 0 Å². The molecule has 0 aliphatic carbocycles. The second-order valence-electron chi connectivity index (χ2n) is 7.15. The Hall–Kier alpha value is -4.32. The number of halogens is 3. The molecule has 0 spiro atoms. The molecule has 4 aromatic rings. The van der Waals surface area contributed by atoms with E-state index >= 15 is 0 Å². The zero-order valence-corrected chi connectivity index (χ0v) is 17.5. The minimum absolute atomic E-state index is 0.0482. The van der Waals surface area contributed by atoms with Crippen LogP contribution in [0, 0.1) is 6.92 Å². The van der Waals surface area contributed by atoms with Crippen LogP contribution in [0.4, 0.5) is 13.2 Å². The highest BCUT2D eigenvalue weighted by atomic mass is 19.4. The Morgan fingerprint density at radius 2 is 1.91 bits per heavy atom. The van der Waals surface area contributed by atoms with Crippen LogP contribution in [0.1, 0.15) is 33.5 Å². The number of furan rings is 1. The lowest BCUT2D eigenvalue weighted by atomic mass is 10.0. The van der Waals surface area contributed by atoms with Crippen molar-refractivity contribution < 1.29 is 32.2 Å². The summed E-state index contributed by atoms with van der Waals surface area (Å²) in [4.78, 5) is 30.0. The molecule has 3 N–H and O–H groups in total. The van der Waals surface area contributed by atoms with E-state index < -0.39 is 35.6 Å². The molecule has 4 rings (SSSR count). The molecule has 0 aliphatic rings. The van der Waals surface area contributed by atoms with E-state index in [1.807, 2.05) is 0 Å². The maximum Gasteiger partial charge on any atom is 0.573 e. The molecular weight excluding hydrogens is 457 g/mol. The molecule has 0 saturated heterocycles. The smallest absolute Gasteiger partial charge is 0.493 e. The Morgan fingerprint density at radius 3 is 2.53 bits per heavy atom. The van der Waals surface area contributed by atoms with E-state index in [9.17, 15) is 27.9 Å². The standard InChI is InChI=1S/C22H17F3N4O5/c1-12-20(31)29(13-4-6-14(7-5-13)34-22(23,24)25)21(32)28(12)19(26)15-8-9-27-11-16(15)18(30)17-3-2-10-33-17/h2-11,19,31H,26H2,1H3. The molecular formula is C22H17F3N4O5. The van der Waals surface area contributed by atoms with Gasteiger partial charge in [-0.15, -0.1) is 13.2 Å². The first-order chi connectivity index (χ1) is 16.1. The van der Waals surface area contributed by atoms with Crippen molar-refractivity contribution in [3.8, 4) is 17.3 Å². The Labute approximate surface area is 189 Å². The molecule has 0 saturated carbocycles. The van der Waals surface area contributed by atoms with Gasteiger partial charge in [0.15, 0.2) is 5.76 Å². The predicted octanol–water partition coefficient (Wildman–Crippen LogP) is 3.28. The van der Waals surface area contributed by atoms with Crippen molar-refractivity contribution in [3.05, 3.63) is 94.2 Å². The highest BCUT2D eigenvalue weighted by molar-refractivity contribution is 6.08. The van der Waals surface area contributed by atoms with Crippen LogP contribution in [0.25, 0.3) is 5.69 Å². The third kappa shape index (κ3) is 4.18. The Bertz CT molecular complexity index is 1390. The van der Waals surface area contributed by atoms with Crippen LogP contribution in [0.15, 0.2) is 70.3 Å². The van der Waals surface area contributed by atoms with Gasteiger partial charge in [-0.25, -0.2) is 9.36 Å². The molecule has 3 heterocycles. The number of benzene rings is 1. The first kappa shape index (κ1) is 22.9. The number of ketones is 1. The zero-order chi connectivity index (χ0) is 24.6. The van der Waals surface area contributed by atoms with Crippen LogP contribution in [0.5, 0.6) is 11.6 Å². The summed E-state index contributed by atoms with van der Waals surface area (Å²) in [5.74, 6) is -1.42. The summed E-state index contributed by atoms with van der Waals surface area (Å²) >= 11 is 0. The highest BCUT2D eigenvalue weighted by Gasteiger charge is 2.31. The normalized spacial score (nSPS) is 12.5. The number of imidazole rings is 1. The lowest BCUT2D eigenvalue weighted by Crippen LogP contribution is -2.33. The van der Waals surface area contributed by atoms with E-state index in [0.717, 1.165) is 21.3 Å². The Morgan fingerprint density at radius 1 is 1.21 bits per heavy atom. The molecule has 1 aromatic carbocycles. The van der Waals surface area contributed by atoms with Crippen molar-refractivity contribution in [1.29, 1.82) is 0 Å². The van der Waals surface area contributed by atoms with Crippen molar-refractivity contribution in [2.75, 3.05) is 0 Å². The molecule has 0 aliphatic heterocycles. The van der Waals surface area contributed by atoms with E-state index in [2.05, 4.69) is 9.72 Å². The zero-order valence-electron chi connectivity index (χ0n) is 17.5. The lowest BCUT2D eigenvalue weighted by molar-refractivity contribution is -0.274. The number of aromatic nitrogens is 3. The third-order valence-corrected chi connectivity index (χ3v) is 5.06. The van der Waals surface area contributed by atoms with Gasteiger partial charge in [0.25, 0.3) is 0 Å². The third-order valence-electron chi connectivity index (χ3n) is 5.06. The minimum Gasteiger partial charge on any atom is -0.493 e. The van der Waals surface area contributed by atoms with E-state index in [-0.39, 0.29) is 28.3 Å². The molecule has 1 atom stereocenters. The van der Waals surface area contributed by atoms with Gasteiger partial charge in [-0.3, -0.25) is 14.3 Å². The number of nitrogens with two attached hydrogens (primary N) is 1. The van der Waals surface area contributed by atoms with Crippen LogP contribution < -0.4 is 16.2 Å². The van der Waals surface area contributed by atoms with Crippen molar-refractivity contribution in [2.45, 2.75) is 19.5 Å². The van der Waals surface area contributed by atoms with E-state index in [1.54, 1.807) is 6.07 Å². The summed E-state index contributed by atoms with van der Waals surface area (Å²) in [6.45, 7) is 1.43. The fraction of sp³-hybridized carbons (Fsp3) is 0.136. The summed E-state index contributed by atoms with van der Waals surface area (Å²) in [7, 11) is 0. The topological polar surface area (TPSA) is 126 Å². The largest absolute Gasteiger partial charge is 0.573 e. The minimum atomic E-state index is -4.87. The average Bonchev–Trinajstić information content (AvgIpc) is 3.40. The molecule has 1 unspecified atom stereocenters. The SMILES string of the molecule is Cc1c(O)n(-c2ccc(OC(F)(F)F)cc2)c(=O)n1C(N)c1ccncc1C(=O)c1ccco1. The fourth-order valence-electron chi connectivity index (χ4n) is 3.50. The number of hydrogen-bond acceptors (Lipinski definition) is 7. The van der Waals surface area contributed by atoms with Crippen LogP contribution in [-0.4, -0.2) is 31.4 Å². The second kappa shape index (κ2) is 8.56. The molecule has 9 nitrogen and oxygen atoms in total. The number of carbonyl (C=O) groups excluding carboxylic acids is 1. The molecule has 176 valence electrons. The Balaban J connectivity index is 1.75. The monoisotopic (exact) mass is 474 g/mol. The summed E-state index contributed by atoms with van der Waals surface area (Å²) < 4.78 is 48.1. The first-order valence-electron chi connectivity index (χ1n) is 9.75. The van der Waals surface area contributed by atoms with Crippen LogP contribution in [0.3, 0.4) is 0 Å². The molecule has 12 heteroatoms. The summed E-state index contributed by atoms with van der Waals surface area (Å²) in [5, 5.41) is 10.6. The number of aromatic hydroxyl groups is 1. The number of alkyl halides is 3. The number of pyridine rings is 1. The Kier molecular flexibility index (Phi) is 5.75. The number of hydrogen-bond donors (Lipinski definition) is 2. The van der Waals surface area contributed by atoms with E-state index in [4.69, 9.17) is 10.2 Å². The van der Waals surface area contributed by atoms with Gasteiger partial charge < -0.3 is 20.0 Å². The maximum absolute atomic E-state index is 13.2. The highest BCUT2D eigenvalue weighted by Crippen LogP contribution is 2.28. The fourth-order valence-corrected chi connectivity index (χ4v) is 3.50. The molecule has 0 bridgehead atoms. The number of nitrogens with zero attached hydrogens (tertiary/aromatic N) is 3. The van der Waals surface area contributed by atoms with Crippen LogP contribution in [-0.2, 0) is 0 Å². The average molecular weight is 474 g/mol. The van der Waals surface area contributed by atoms with Gasteiger partial charge in [-0.1, -0.05) is 0 Å². The van der Waals surface area contributed by atoms with Crippen molar-refractivity contribution >= 4 is 5.78 Å². The summed E-state index contributed by atoms with van der Waals surface area (Å²) in [6, 6.07) is 8.84. The van der Waals surface area contributed by atoms with Gasteiger partial charge in [0.05, 0.1) is 23.2 Å². The molecule has 3 aromatic heterocycles. The van der Waals surface area contributed by atoms with Crippen molar-refractivity contribution in [1.82, 2.24) is 14.1 Å². The molecule has 0 radical (unpaired) electrons. The van der Waals surface area contributed by atoms with Crippen molar-refractivity contribution in [2.24, 2.45) is 5.73 Å². The van der Waals surface area contributed by atoms with Gasteiger partial charge >= 0.3 is 12.1 Å². The predicted molar refractivity (Wildman–Crippen MR) is 112 cm³/mol. The quantitative estimate of drug-likeness (QED) is 0.411. The van der Waals surface area contributed by atoms with E-state index in [0.29, 0.717) is 0 Å². The summed E-state index contributed by atoms with van der Waals surface area (Å²) in [5.41, 5.74) is 6.05. The number of rotatable bonds is 6. The molecule has 34 heavy (non-hydrogen) atoms. The molecule has 0 amide bonds. The number of carbonyl (C=O) groups is 1. The molecule has 0 fully saturated rings. The van der Waals surface area contributed by atoms with Gasteiger partial charge in [-0.05, 0) is 49.4 Å². The van der Waals surface area contributed by atoms with Crippen LogP contribution in [0.2, 0.25) is 0 Å². The maximum atomic E-state index is 13.2. The van der Waals surface area contributed by atoms with Gasteiger partial charge in [0.1, 0.15) is 11.9 Å². The summed E-state index contributed by atoms with van der Waals surface area (Å²) in [6.07, 6.45) is -2.06.